The molecular weight excluding hydrogens is 180 g/mol. The van der Waals surface area contributed by atoms with Gasteiger partial charge in [0.2, 0.25) is 0 Å². The Balaban J connectivity index is 2.95. The number of aromatic nitrogens is 2. The standard InChI is InChI=1S/C10H14N2O2/c1-6(2)10-11-5-8(4-9(13)14)7(3)12-10/h5-6H,4H2,1-3H3,(H,13,14). The van der Waals surface area contributed by atoms with E-state index in [1.807, 2.05) is 20.8 Å². The lowest BCUT2D eigenvalue weighted by atomic mass is 10.1. The highest BCUT2D eigenvalue weighted by Crippen LogP contribution is 2.11. The van der Waals surface area contributed by atoms with Crippen LogP contribution >= 0.6 is 0 Å². The molecule has 4 heteroatoms. The number of carbonyl (C=O) groups is 1. The molecule has 1 rings (SSSR count). The van der Waals surface area contributed by atoms with Gasteiger partial charge in [-0.05, 0) is 6.92 Å². The first kappa shape index (κ1) is 10.6. The first-order valence-corrected chi connectivity index (χ1v) is 4.55. The lowest BCUT2D eigenvalue weighted by molar-refractivity contribution is -0.136. The van der Waals surface area contributed by atoms with E-state index in [9.17, 15) is 4.79 Å². The van der Waals surface area contributed by atoms with Gasteiger partial charge in [0.15, 0.2) is 0 Å². The topological polar surface area (TPSA) is 63.1 Å². The zero-order chi connectivity index (χ0) is 10.7. The highest BCUT2D eigenvalue weighted by Gasteiger charge is 2.08. The number of hydrogen-bond donors (Lipinski definition) is 1. The van der Waals surface area contributed by atoms with E-state index in [-0.39, 0.29) is 12.3 Å². The van der Waals surface area contributed by atoms with Crippen molar-refractivity contribution in [3.8, 4) is 0 Å². The summed E-state index contributed by atoms with van der Waals surface area (Å²) in [6, 6.07) is 0. The average molecular weight is 194 g/mol. The first-order chi connectivity index (χ1) is 6.50. The Kier molecular flexibility index (Phi) is 3.17. The van der Waals surface area contributed by atoms with Crippen molar-refractivity contribution in [3.05, 3.63) is 23.3 Å². The second kappa shape index (κ2) is 4.17. The summed E-state index contributed by atoms with van der Waals surface area (Å²) in [6.07, 6.45) is 1.59. The molecule has 1 heterocycles. The van der Waals surface area contributed by atoms with Crippen molar-refractivity contribution < 1.29 is 9.90 Å². The fraction of sp³-hybridized carbons (Fsp3) is 0.500. The summed E-state index contributed by atoms with van der Waals surface area (Å²) in [6.45, 7) is 5.82. The van der Waals surface area contributed by atoms with E-state index >= 15 is 0 Å². The van der Waals surface area contributed by atoms with Crippen LogP contribution in [-0.4, -0.2) is 21.0 Å². The van der Waals surface area contributed by atoms with E-state index in [1.54, 1.807) is 6.20 Å². The average Bonchev–Trinajstić information content (AvgIpc) is 2.07. The van der Waals surface area contributed by atoms with E-state index in [0.29, 0.717) is 5.56 Å². The Hall–Kier alpha value is -1.45. The molecule has 0 fully saturated rings. The highest BCUT2D eigenvalue weighted by molar-refractivity contribution is 5.70. The molecule has 0 saturated heterocycles. The van der Waals surface area contributed by atoms with Crippen molar-refractivity contribution in [2.24, 2.45) is 0 Å². The molecule has 0 radical (unpaired) electrons. The Morgan fingerprint density at radius 3 is 2.64 bits per heavy atom. The molecule has 0 aliphatic carbocycles. The normalized spacial score (nSPS) is 10.6. The Morgan fingerprint density at radius 1 is 1.57 bits per heavy atom. The van der Waals surface area contributed by atoms with Crippen LogP contribution in [0.1, 0.15) is 36.8 Å². The minimum atomic E-state index is -0.853. The molecule has 1 aromatic rings. The molecule has 0 saturated carbocycles. The second-order valence-corrected chi connectivity index (χ2v) is 3.56. The molecule has 0 aromatic carbocycles. The van der Waals surface area contributed by atoms with Gasteiger partial charge >= 0.3 is 5.97 Å². The monoisotopic (exact) mass is 194 g/mol. The van der Waals surface area contributed by atoms with Crippen LogP contribution in [0.25, 0.3) is 0 Å². The smallest absolute Gasteiger partial charge is 0.307 e. The fourth-order valence-corrected chi connectivity index (χ4v) is 1.12. The molecule has 0 amide bonds. The molecule has 0 spiro atoms. The number of carboxylic acid groups (broad SMARTS) is 1. The minimum Gasteiger partial charge on any atom is -0.481 e. The van der Waals surface area contributed by atoms with E-state index in [1.165, 1.54) is 0 Å². The molecule has 0 bridgehead atoms. The number of rotatable bonds is 3. The van der Waals surface area contributed by atoms with Crippen LogP contribution in [0.4, 0.5) is 0 Å². The minimum absolute atomic E-state index is 0.00971. The second-order valence-electron chi connectivity index (χ2n) is 3.56. The van der Waals surface area contributed by atoms with Crippen LogP contribution in [-0.2, 0) is 11.2 Å². The SMILES string of the molecule is Cc1nc(C(C)C)ncc1CC(=O)O. The summed E-state index contributed by atoms with van der Waals surface area (Å²) in [5.74, 6) is 0.179. The van der Waals surface area contributed by atoms with Gasteiger partial charge in [0.05, 0.1) is 6.42 Å². The molecule has 0 aliphatic heterocycles. The number of aryl methyl sites for hydroxylation is 1. The van der Waals surface area contributed by atoms with Gasteiger partial charge in [0.25, 0.3) is 0 Å². The van der Waals surface area contributed by atoms with Crippen molar-refractivity contribution >= 4 is 5.97 Å². The Morgan fingerprint density at radius 2 is 2.21 bits per heavy atom. The van der Waals surface area contributed by atoms with Crippen LogP contribution in [0.3, 0.4) is 0 Å². The van der Waals surface area contributed by atoms with Gasteiger partial charge in [-0.3, -0.25) is 4.79 Å². The molecule has 0 unspecified atom stereocenters. The Labute approximate surface area is 83.0 Å². The van der Waals surface area contributed by atoms with Gasteiger partial charge < -0.3 is 5.11 Å². The van der Waals surface area contributed by atoms with Gasteiger partial charge in [0, 0.05) is 23.4 Å². The van der Waals surface area contributed by atoms with Crippen molar-refractivity contribution in [1.82, 2.24) is 9.97 Å². The van der Waals surface area contributed by atoms with Gasteiger partial charge in [-0.25, -0.2) is 9.97 Å². The van der Waals surface area contributed by atoms with Gasteiger partial charge in [0.1, 0.15) is 5.82 Å². The number of carboxylic acids is 1. The lowest BCUT2D eigenvalue weighted by Crippen LogP contribution is -2.07. The summed E-state index contributed by atoms with van der Waals surface area (Å²) in [4.78, 5) is 18.9. The van der Waals surface area contributed by atoms with Crippen molar-refractivity contribution in [3.63, 3.8) is 0 Å². The van der Waals surface area contributed by atoms with Crippen LogP contribution in [0.5, 0.6) is 0 Å². The van der Waals surface area contributed by atoms with Gasteiger partial charge in [-0.15, -0.1) is 0 Å². The summed E-state index contributed by atoms with van der Waals surface area (Å²) < 4.78 is 0. The largest absolute Gasteiger partial charge is 0.481 e. The van der Waals surface area contributed by atoms with E-state index in [0.717, 1.165) is 11.5 Å². The summed E-state index contributed by atoms with van der Waals surface area (Å²) in [7, 11) is 0. The van der Waals surface area contributed by atoms with Crippen LogP contribution in [0, 0.1) is 6.92 Å². The summed E-state index contributed by atoms with van der Waals surface area (Å²) >= 11 is 0. The van der Waals surface area contributed by atoms with Crippen molar-refractivity contribution in [2.75, 3.05) is 0 Å². The third-order valence-electron chi connectivity index (χ3n) is 1.96. The molecule has 1 N–H and O–H groups in total. The quantitative estimate of drug-likeness (QED) is 0.792. The summed E-state index contributed by atoms with van der Waals surface area (Å²) in [5.41, 5.74) is 1.44. The third-order valence-corrected chi connectivity index (χ3v) is 1.96. The van der Waals surface area contributed by atoms with Crippen LogP contribution in [0.15, 0.2) is 6.20 Å². The zero-order valence-corrected chi connectivity index (χ0v) is 8.61. The fourth-order valence-electron chi connectivity index (χ4n) is 1.12. The lowest BCUT2D eigenvalue weighted by Gasteiger charge is -2.06. The van der Waals surface area contributed by atoms with Crippen LogP contribution in [0.2, 0.25) is 0 Å². The first-order valence-electron chi connectivity index (χ1n) is 4.55. The molecule has 1 aromatic heterocycles. The number of nitrogens with zero attached hydrogens (tertiary/aromatic N) is 2. The molecule has 4 nitrogen and oxygen atoms in total. The van der Waals surface area contributed by atoms with Gasteiger partial charge in [-0.1, -0.05) is 13.8 Å². The number of hydrogen-bond acceptors (Lipinski definition) is 3. The molecular formula is C10H14N2O2. The highest BCUT2D eigenvalue weighted by atomic mass is 16.4. The van der Waals surface area contributed by atoms with E-state index in [2.05, 4.69) is 9.97 Å². The van der Waals surface area contributed by atoms with Crippen molar-refractivity contribution in [2.45, 2.75) is 33.1 Å². The molecule has 0 aliphatic rings. The molecule has 0 atom stereocenters. The van der Waals surface area contributed by atoms with Crippen LogP contribution < -0.4 is 0 Å². The third kappa shape index (κ3) is 2.52. The maximum atomic E-state index is 10.5. The molecule has 76 valence electrons. The van der Waals surface area contributed by atoms with E-state index in [4.69, 9.17) is 5.11 Å². The predicted molar refractivity (Wildman–Crippen MR) is 52.2 cm³/mol. The van der Waals surface area contributed by atoms with Gasteiger partial charge in [-0.2, -0.15) is 0 Å². The van der Waals surface area contributed by atoms with E-state index < -0.39 is 5.97 Å². The zero-order valence-electron chi connectivity index (χ0n) is 8.61. The van der Waals surface area contributed by atoms with Crippen molar-refractivity contribution in [1.29, 1.82) is 0 Å². The number of aliphatic carboxylic acids is 1. The predicted octanol–water partition coefficient (Wildman–Crippen LogP) is 1.54. The maximum absolute atomic E-state index is 10.5. The Bertz CT molecular complexity index is 348. The molecule has 14 heavy (non-hydrogen) atoms. The summed E-state index contributed by atoms with van der Waals surface area (Å²) in [5, 5.41) is 8.61. The maximum Gasteiger partial charge on any atom is 0.307 e.